The summed E-state index contributed by atoms with van der Waals surface area (Å²) >= 11 is 0. The Morgan fingerprint density at radius 3 is 2.80 bits per heavy atom. The van der Waals surface area contributed by atoms with E-state index >= 15 is 0 Å². The molecule has 186 valence electrons. The predicted octanol–water partition coefficient (Wildman–Crippen LogP) is 3.20. The molecule has 1 fully saturated rings. The van der Waals surface area contributed by atoms with Crippen molar-refractivity contribution >= 4 is 22.6 Å². The number of aromatic amines is 1. The van der Waals surface area contributed by atoms with Crippen molar-refractivity contribution in [3.05, 3.63) is 47.0 Å². The van der Waals surface area contributed by atoms with E-state index in [0.29, 0.717) is 36.9 Å². The molecule has 2 aliphatic heterocycles. The maximum atomic E-state index is 13.4. The molecule has 0 bridgehead atoms. The fourth-order valence-electron chi connectivity index (χ4n) is 4.55. The van der Waals surface area contributed by atoms with Crippen LogP contribution in [-0.4, -0.2) is 77.0 Å². The van der Waals surface area contributed by atoms with Gasteiger partial charge in [-0.2, -0.15) is 5.10 Å². The van der Waals surface area contributed by atoms with Crippen molar-refractivity contribution in [2.75, 3.05) is 51.3 Å². The van der Waals surface area contributed by atoms with Crippen LogP contribution in [0.2, 0.25) is 0 Å². The topological polar surface area (TPSA) is 103 Å². The standard InChI is InChI=1S/C26H33N5O4/c1-17(2)14-27-25-21-12-22(24(32)13-23(21)28-29-25)26(33)31-15-18-3-4-20(11-19(18)16-31)35-10-7-30-5-8-34-9-6-30/h3-4,11-13,17,32H,5-10,14-16H2,1-2H3,(H2,27,28,29). The number of amides is 1. The van der Waals surface area contributed by atoms with Crippen molar-refractivity contribution < 1.29 is 19.4 Å². The monoisotopic (exact) mass is 479 g/mol. The Morgan fingerprint density at radius 2 is 2.00 bits per heavy atom. The second-order valence-electron chi connectivity index (χ2n) is 9.66. The van der Waals surface area contributed by atoms with Crippen LogP contribution in [0.1, 0.15) is 35.3 Å². The van der Waals surface area contributed by atoms with Crippen LogP contribution in [0.5, 0.6) is 11.5 Å². The molecule has 0 saturated carbocycles. The average molecular weight is 480 g/mol. The number of ether oxygens (including phenoxy) is 2. The number of benzene rings is 2. The van der Waals surface area contributed by atoms with Crippen molar-refractivity contribution in [1.82, 2.24) is 20.0 Å². The maximum absolute atomic E-state index is 13.4. The Bertz CT molecular complexity index is 1200. The Morgan fingerprint density at radius 1 is 1.20 bits per heavy atom. The molecule has 5 rings (SSSR count). The number of nitrogens with one attached hydrogen (secondary N) is 2. The second-order valence-corrected chi connectivity index (χ2v) is 9.66. The third-order valence-corrected chi connectivity index (χ3v) is 6.55. The van der Waals surface area contributed by atoms with E-state index in [-0.39, 0.29) is 17.2 Å². The number of aromatic hydroxyl groups is 1. The summed E-state index contributed by atoms with van der Waals surface area (Å²) in [5, 5.41) is 21.9. The highest BCUT2D eigenvalue weighted by atomic mass is 16.5. The van der Waals surface area contributed by atoms with Crippen molar-refractivity contribution in [3.63, 3.8) is 0 Å². The van der Waals surface area contributed by atoms with Crippen LogP contribution in [-0.2, 0) is 17.8 Å². The zero-order valence-electron chi connectivity index (χ0n) is 20.3. The zero-order valence-corrected chi connectivity index (χ0v) is 20.3. The first-order chi connectivity index (χ1) is 17.0. The third-order valence-electron chi connectivity index (χ3n) is 6.55. The van der Waals surface area contributed by atoms with Gasteiger partial charge in [0.2, 0.25) is 0 Å². The molecule has 3 heterocycles. The molecule has 2 aromatic carbocycles. The minimum absolute atomic E-state index is 0.0512. The lowest BCUT2D eigenvalue weighted by atomic mass is 10.1. The van der Waals surface area contributed by atoms with Gasteiger partial charge in [-0.15, -0.1) is 0 Å². The van der Waals surface area contributed by atoms with E-state index < -0.39 is 0 Å². The number of morpholine rings is 1. The van der Waals surface area contributed by atoms with E-state index in [1.807, 2.05) is 18.2 Å². The number of phenols is 1. The van der Waals surface area contributed by atoms with Gasteiger partial charge in [0, 0.05) is 50.7 Å². The Kier molecular flexibility index (Phi) is 6.79. The maximum Gasteiger partial charge on any atom is 0.258 e. The molecule has 9 heteroatoms. The summed E-state index contributed by atoms with van der Waals surface area (Å²) in [5.74, 6) is 1.70. The number of carbonyl (C=O) groups excluding carboxylic acids is 1. The predicted molar refractivity (Wildman–Crippen MR) is 134 cm³/mol. The molecule has 35 heavy (non-hydrogen) atoms. The number of hydrogen-bond donors (Lipinski definition) is 3. The zero-order chi connectivity index (χ0) is 24.4. The lowest BCUT2D eigenvalue weighted by Gasteiger charge is -2.26. The largest absolute Gasteiger partial charge is 0.507 e. The summed E-state index contributed by atoms with van der Waals surface area (Å²) in [7, 11) is 0. The molecular formula is C26H33N5O4. The van der Waals surface area contributed by atoms with E-state index in [1.165, 1.54) is 0 Å². The summed E-state index contributed by atoms with van der Waals surface area (Å²) in [6.45, 7) is 10.9. The number of aromatic nitrogens is 2. The van der Waals surface area contributed by atoms with E-state index in [0.717, 1.165) is 61.7 Å². The number of anilines is 1. The number of rotatable bonds is 8. The normalized spacial score (nSPS) is 16.1. The fourth-order valence-corrected chi connectivity index (χ4v) is 4.55. The number of nitrogens with zero attached hydrogens (tertiary/aromatic N) is 3. The number of carbonyl (C=O) groups is 1. The SMILES string of the molecule is CC(C)CNc1n[nH]c2cc(O)c(C(=O)N3Cc4ccc(OCCN5CCOCC5)cc4C3)cc12. The molecule has 2 aliphatic rings. The Hall–Kier alpha value is -3.30. The molecular weight excluding hydrogens is 446 g/mol. The summed E-state index contributed by atoms with van der Waals surface area (Å²) < 4.78 is 11.4. The van der Waals surface area contributed by atoms with Crippen molar-refractivity contribution in [3.8, 4) is 11.5 Å². The second kappa shape index (κ2) is 10.1. The smallest absolute Gasteiger partial charge is 0.258 e. The van der Waals surface area contributed by atoms with Crippen molar-refractivity contribution in [2.24, 2.45) is 5.92 Å². The molecule has 1 aromatic heterocycles. The first kappa shape index (κ1) is 23.4. The molecule has 1 amide bonds. The van der Waals surface area contributed by atoms with Gasteiger partial charge >= 0.3 is 0 Å². The molecule has 0 spiro atoms. The summed E-state index contributed by atoms with van der Waals surface area (Å²) in [5.41, 5.74) is 3.14. The summed E-state index contributed by atoms with van der Waals surface area (Å²) in [4.78, 5) is 17.5. The van der Waals surface area contributed by atoms with E-state index in [9.17, 15) is 9.90 Å². The Labute approximate surface area is 205 Å². The van der Waals surface area contributed by atoms with Crippen molar-refractivity contribution in [2.45, 2.75) is 26.9 Å². The first-order valence-electron chi connectivity index (χ1n) is 12.3. The molecule has 3 N–H and O–H groups in total. The van der Waals surface area contributed by atoms with Crippen LogP contribution in [0.25, 0.3) is 10.9 Å². The van der Waals surface area contributed by atoms with Gasteiger partial charge in [-0.25, -0.2) is 0 Å². The van der Waals surface area contributed by atoms with Crippen LogP contribution in [0.3, 0.4) is 0 Å². The minimum atomic E-state index is -0.202. The van der Waals surface area contributed by atoms with Gasteiger partial charge in [-0.3, -0.25) is 14.8 Å². The van der Waals surface area contributed by atoms with Crippen molar-refractivity contribution in [1.29, 1.82) is 0 Å². The fraction of sp³-hybridized carbons (Fsp3) is 0.462. The molecule has 0 aliphatic carbocycles. The number of H-pyrrole nitrogens is 1. The van der Waals surface area contributed by atoms with Gasteiger partial charge in [0.1, 0.15) is 18.1 Å². The average Bonchev–Trinajstić information content (AvgIpc) is 3.45. The summed E-state index contributed by atoms with van der Waals surface area (Å²) in [6.07, 6.45) is 0. The number of hydrogen-bond acceptors (Lipinski definition) is 7. The quantitative estimate of drug-likeness (QED) is 0.456. The van der Waals surface area contributed by atoms with Crippen LogP contribution in [0.15, 0.2) is 30.3 Å². The van der Waals surface area contributed by atoms with Gasteiger partial charge in [0.25, 0.3) is 5.91 Å². The van der Waals surface area contributed by atoms with Gasteiger partial charge < -0.3 is 24.8 Å². The minimum Gasteiger partial charge on any atom is -0.507 e. The molecule has 9 nitrogen and oxygen atoms in total. The van der Waals surface area contributed by atoms with Gasteiger partial charge in [-0.1, -0.05) is 19.9 Å². The van der Waals surface area contributed by atoms with E-state index in [1.54, 1.807) is 17.0 Å². The lowest BCUT2D eigenvalue weighted by Crippen LogP contribution is -2.38. The van der Waals surface area contributed by atoms with Crippen LogP contribution in [0, 0.1) is 5.92 Å². The first-order valence-corrected chi connectivity index (χ1v) is 12.3. The van der Waals surface area contributed by atoms with Gasteiger partial charge in [0.15, 0.2) is 5.82 Å². The van der Waals surface area contributed by atoms with Crippen LogP contribution in [0.4, 0.5) is 5.82 Å². The highest BCUT2D eigenvalue weighted by molar-refractivity contribution is 6.03. The van der Waals surface area contributed by atoms with Crippen LogP contribution >= 0.6 is 0 Å². The molecule has 3 aromatic rings. The number of phenolic OH excluding ortho intramolecular Hbond substituents is 1. The molecule has 0 atom stereocenters. The van der Waals surface area contributed by atoms with E-state index in [4.69, 9.17) is 9.47 Å². The summed E-state index contributed by atoms with van der Waals surface area (Å²) in [6, 6.07) is 9.31. The third kappa shape index (κ3) is 5.21. The van der Waals surface area contributed by atoms with Crippen LogP contribution < -0.4 is 10.1 Å². The lowest BCUT2D eigenvalue weighted by molar-refractivity contribution is 0.0322. The molecule has 1 saturated heterocycles. The van der Waals surface area contributed by atoms with E-state index in [2.05, 4.69) is 34.3 Å². The molecule has 0 radical (unpaired) electrons. The van der Waals surface area contributed by atoms with Gasteiger partial charge in [0.05, 0.1) is 24.3 Å². The Balaban J connectivity index is 1.25. The molecule has 0 unspecified atom stereocenters. The highest BCUT2D eigenvalue weighted by Gasteiger charge is 2.27. The van der Waals surface area contributed by atoms with Gasteiger partial charge in [-0.05, 0) is 35.2 Å². The number of fused-ring (bicyclic) bond motifs is 2. The highest BCUT2D eigenvalue weighted by Crippen LogP contribution is 2.33.